The number of likely N-dealkylation sites (tertiary alicyclic amines) is 1. The van der Waals surface area contributed by atoms with Crippen LogP contribution in [0.25, 0.3) is 0 Å². The van der Waals surface area contributed by atoms with E-state index in [1.165, 1.54) is 18.7 Å². The lowest BCUT2D eigenvalue weighted by Gasteiger charge is -2.39. The van der Waals surface area contributed by atoms with E-state index in [4.69, 9.17) is 5.11 Å². The summed E-state index contributed by atoms with van der Waals surface area (Å²) in [7, 11) is 0. The summed E-state index contributed by atoms with van der Waals surface area (Å²) in [6.07, 6.45) is 1.35. The van der Waals surface area contributed by atoms with Gasteiger partial charge >= 0.3 is 5.97 Å². The summed E-state index contributed by atoms with van der Waals surface area (Å²) in [6.45, 7) is 5.18. The first kappa shape index (κ1) is 13.0. The molecular weight excluding hydrogens is 210 g/mol. The second-order valence-corrected chi connectivity index (χ2v) is 5.26. The second kappa shape index (κ2) is 4.05. The lowest BCUT2D eigenvalue weighted by Crippen LogP contribution is -2.53. The molecule has 0 bridgehead atoms. The molecule has 1 unspecified atom stereocenters. The highest BCUT2D eigenvalue weighted by Gasteiger charge is 2.42. The predicted octanol–water partition coefficient (Wildman–Crippen LogP) is 0.471. The monoisotopic (exact) mass is 229 g/mol. The molecule has 0 saturated carbocycles. The van der Waals surface area contributed by atoms with Crippen LogP contribution in [-0.4, -0.2) is 45.7 Å². The molecule has 2 N–H and O–H groups in total. The van der Waals surface area contributed by atoms with Crippen molar-refractivity contribution in [3.05, 3.63) is 0 Å². The van der Waals surface area contributed by atoms with Gasteiger partial charge in [0, 0.05) is 13.1 Å². The molecule has 0 aromatic heterocycles. The van der Waals surface area contributed by atoms with Crippen LogP contribution in [0.1, 0.15) is 33.6 Å². The van der Waals surface area contributed by atoms with E-state index in [2.05, 4.69) is 0 Å². The highest BCUT2D eigenvalue weighted by atomic mass is 16.4. The molecule has 16 heavy (non-hydrogen) atoms. The molecule has 1 amide bonds. The van der Waals surface area contributed by atoms with Crippen LogP contribution in [0, 0.1) is 5.41 Å². The topological polar surface area (TPSA) is 77.8 Å². The summed E-state index contributed by atoms with van der Waals surface area (Å²) in [4.78, 5) is 24.4. The van der Waals surface area contributed by atoms with Crippen molar-refractivity contribution in [1.82, 2.24) is 4.90 Å². The van der Waals surface area contributed by atoms with E-state index in [0.717, 1.165) is 0 Å². The number of aliphatic hydroxyl groups is 1. The van der Waals surface area contributed by atoms with Crippen LogP contribution < -0.4 is 0 Å². The molecule has 1 atom stereocenters. The van der Waals surface area contributed by atoms with Gasteiger partial charge in [-0.15, -0.1) is 0 Å². The van der Waals surface area contributed by atoms with Crippen molar-refractivity contribution in [2.24, 2.45) is 5.41 Å². The van der Waals surface area contributed by atoms with E-state index in [1.807, 2.05) is 0 Å². The average molecular weight is 229 g/mol. The fourth-order valence-corrected chi connectivity index (χ4v) is 1.88. The van der Waals surface area contributed by atoms with Gasteiger partial charge in [-0.05, 0) is 33.6 Å². The lowest BCUT2D eigenvalue weighted by molar-refractivity contribution is -0.161. The molecule has 1 heterocycles. The second-order valence-electron chi connectivity index (χ2n) is 5.26. The van der Waals surface area contributed by atoms with E-state index in [9.17, 15) is 14.7 Å². The van der Waals surface area contributed by atoms with Gasteiger partial charge in [0.15, 0.2) is 0 Å². The standard InChI is InChI=1S/C11H19NO4/c1-10(2,9(14)15)8(13)12-6-4-5-11(3,16)7-12/h16H,4-7H2,1-3H3,(H,14,15). The summed E-state index contributed by atoms with van der Waals surface area (Å²) in [5.74, 6) is -1.57. The maximum absolute atomic E-state index is 12.0. The Labute approximate surface area is 95.1 Å². The Morgan fingerprint density at radius 2 is 1.94 bits per heavy atom. The summed E-state index contributed by atoms with van der Waals surface area (Å²) in [6, 6.07) is 0. The number of rotatable bonds is 2. The Bertz CT molecular complexity index is 309. The van der Waals surface area contributed by atoms with E-state index < -0.39 is 22.9 Å². The zero-order chi connectivity index (χ0) is 12.6. The minimum Gasteiger partial charge on any atom is -0.480 e. The number of amides is 1. The Balaban J connectivity index is 2.79. The molecule has 5 nitrogen and oxygen atoms in total. The van der Waals surface area contributed by atoms with Gasteiger partial charge in [0.25, 0.3) is 0 Å². The third-order valence-corrected chi connectivity index (χ3v) is 3.03. The largest absolute Gasteiger partial charge is 0.480 e. The normalized spacial score (nSPS) is 26.6. The van der Waals surface area contributed by atoms with Crippen LogP contribution >= 0.6 is 0 Å². The molecular formula is C11H19NO4. The zero-order valence-electron chi connectivity index (χ0n) is 9.99. The first-order valence-electron chi connectivity index (χ1n) is 5.42. The molecule has 0 spiro atoms. The van der Waals surface area contributed by atoms with Crippen LogP contribution in [0.15, 0.2) is 0 Å². The maximum Gasteiger partial charge on any atom is 0.318 e. The van der Waals surface area contributed by atoms with Crippen LogP contribution in [0.4, 0.5) is 0 Å². The molecule has 1 saturated heterocycles. The minimum atomic E-state index is -1.42. The van der Waals surface area contributed by atoms with Gasteiger partial charge in [-0.2, -0.15) is 0 Å². The molecule has 1 fully saturated rings. The molecule has 1 aliphatic rings. The molecule has 0 aliphatic carbocycles. The number of carboxylic acids is 1. The van der Waals surface area contributed by atoms with Gasteiger partial charge in [-0.25, -0.2) is 0 Å². The first-order chi connectivity index (χ1) is 7.17. The van der Waals surface area contributed by atoms with Crippen LogP contribution in [0.5, 0.6) is 0 Å². The quantitative estimate of drug-likeness (QED) is 0.675. The Morgan fingerprint density at radius 3 is 2.38 bits per heavy atom. The van der Waals surface area contributed by atoms with E-state index in [-0.39, 0.29) is 6.54 Å². The smallest absolute Gasteiger partial charge is 0.318 e. The highest BCUT2D eigenvalue weighted by molar-refractivity contribution is 6.01. The van der Waals surface area contributed by atoms with Crippen molar-refractivity contribution >= 4 is 11.9 Å². The number of piperidine rings is 1. The molecule has 0 aromatic rings. The van der Waals surface area contributed by atoms with Crippen molar-refractivity contribution in [2.75, 3.05) is 13.1 Å². The summed E-state index contributed by atoms with van der Waals surface area (Å²) in [5.41, 5.74) is -2.32. The first-order valence-corrected chi connectivity index (χ1v) is 5.42. The lowest BCUT2D eigenvalue weighted by atomic mass is 9.88. The molecule has 0 radical (unpaired) electrons. The van der Waals surface area contributed by atoms with Crippen LogP contribution in [0.2, 0.25) is 0 Å². The number of carboxylic acid groups (broad SMARTS) is 1. The van der Waals surface area contributed by atoms with Gasteiger partial charge in [-0.1, -0.05) is 0 Å². The number of β-amino-alcohol motifs (C(OH)–C–C–N with tert-alkyl or cyclic N) is 1. The molecule has 5 heteroatoms. The average Bonchev–Trinajstić information content (AvgIpc) is 2.14. The molecule has 0 aromatic carbocycles. The Morgan fingerprint density at radius 1 is 1.38 bits per heavy atom. The fourth-order valence-electron chi connectivity index (χ4n) is 1.88. The van der Waals surface area contributed by atoms with Gasteiger partial charge in [0.1, 0.15) is 5.41 Å². The van der Waals surface area contributed by atoms with Crippen molar-refractivity contribution in [3.8, 4) is 0 Å². The summed E-state index contributed by atoms with van der Waals surface area (Å²) >= 11 is 0. The van der Waals surface area contributed by atoms with Gasteiger partial charge in [0.05, 0.1) is 5.60 Å². The van der Waals surface area contributed by atoms with E-state index >= 15 is 0 Å². The summed E-state index contributed by atoms with van der Waals surface area (Å²) in [5, 5.41) is 18.8. The number of aliphatic carboxylic acids is 1. The van der Waals surface area contributed by atoms with Crippen molar-refractivity contribution in [1.29, 1.82) is 0 Å². The van der Waals surface area contributed by atoms with E-state index in [1.54, 1.807) is 6.92 Å². The van der Waals surface area contributed by atoms with Gasteiger partial charge in [-0.3, -0.25) is 9.59 Å². The number of carbonyl (C=O) groups is 2. The third kappa shape index (κ3) is 2.52. The Kier molecular flexibility index (Phi) is 3.28. The van der Waals surface area contributed by atoms with Crippen molar-refractivity contribution < 1.29 is 19.8 Å². The van der Waals surface area contributed by atoms with Gasteiger partial charge < -0.3 is 15.1 Å². The zero-order valence-corrected chi connectivity index (χ0v) is 9.99. The van der Waals surface area contributed by atoms with E-state index in [0.29, 0.717) is 19.4 Å². The number of hydrogen-bond donors (Lipinski definition) is 2. The fraction of sp³-hybridized carbons (Fsp3) is 0.818. The van der Waals surface area contributed by atoms with Crippen LogP contribution in [0.3, 0.4) is 0 Å². The Hall–Kier alpha value is -1.10. The predicted molar refractivity (Wildman–Crippen MR) is 57.9 cm³/mol. The van der Waals surface area contributed by atoms with Gasteiger partial charge in [0.2, 0.25) is 5.91 Å². The van der Waals surface area contributed by atoms with Crippen molar-refractivity contribution in [2.45, 2.75) is 39.2 Å². The summed E-state index contributed by atoms with van der Waals surface area (Å²) < 4.78 is 0. The van der Waals surface area contributed by atoms with Crippen LogP contribution in [-0.2, 0) is 9.59 Å². The molecule has 1 rings (SSSR count). The molecule has 1 aliphatic heterocycles. The number of hydrogen-bond acceptors (Lipinski definition) is 3. The third-order valence-electron chi connectivity index (χ3n) is 3.03. The number of nitrogens with zero attached hydrogens (tertiary/aromatic N) is 1. The SMILES string of the molecule is CC1(O)CCCN(C(=O)C(C)(C)C(=O)O)C1. The number of carbonyl (C=O) groups excluding carboxylic acids is 1. The highest BCUT2D eigenvalue weighted by Crippen LogP contribution is 2.26. The molecule has 92 valence electrons. The minimum absolute atomic E-state index is 0.211. The van der Waals surface area contributed by atoms with Crippen molar-refractivity contribution in [3.63, 3.8) is 0 Å². The maximum atomic E-state index is 12.0.